The van der Waals surface area contributed by atoms with Gasteiger partial charge in [0, 0.05) is 63.5 Å². The molecular formula is C20H38N4O2S. The fourth-order valence-electron chi connectivity index (χ4n) is 4.52. The van der Waals surface area contributed by atoms with E-state index in [9.17, 15) is 0 Å². The summed E-state index contributed by atoms with van der Waals surface area (Å²) in [6.07, 6.45) is 8.99. The SMILES string of the molecule is CN=C(NCCCOCC1CCCO1)NCC1(N2CCSCC2)CCCC1. The molecule has 2 saturated heterocycles. The molecule has 1 atom stereocenters. The molecule has 1 aliphatic carbocycles. The minimum absolute atomic E-state index is 0.322. The molecule has 6 nitrogen and oxygen atoms in total. The normalized spacial score (nSPS) is 26.4. The van der Waals surface area contributed by atoms with Gasteiger partial charge in [-0.2, -0.15) is 11.8 Å². The van der Waals surface area contributed by atoms with E-state index in [0.717, 1.165) is 51.7 Å². The average Bonchev–Trinajstić information content (AvgIpc) is 3.40. The Morgan fingerprint density at radius 1 is 1.22 bits per heavy atom. The van der Waals surface area contributed by atoms with Crippen molar-refractivity contribution in [2.75, 3.05) is 64.6 Å². The molecule has 27 heavy (non-hydrogen) atoms. The fraction of sp³-hybridized carbons (Fsp3) is 0.950. The van der Waals surface area contributed by atoms with E-state index in [1.54, 1.807) is 0 Å². The Morgan fingerprint density at radius 3 is 2.74 bits per heavy atom. The van der Waals surface area contributed by atoms with Gasteiger partial charge in [-0.15, -0.1) is 0 Å². The zero-order valence-electron chi connectivity index (χ0n) is 17.0. The number of hydrogen-bond donors (Lipinski definition) is 2. The van der Waals surface area contributed by atoms with Crippen LogP contribution in [-0.2, 0) is 9.47 Å². The predicted octanol–water partition coefficient (Wildman–Crippen LogP) is 2.10. The summed E-state index contributed by atoms with van der Waals surface area (Å²) < 4.78 is 11.3. The van der Waals surface area contributed by atoms with Crippen LogP contribution in [0.4, 0.5) is 0 Å². The number of thioether (sulfide) groups is 1. The average molecular weight is 399 g/mol. The second-order valence-electron chi connectivity index (χ2n) is 7.95. The quantitative estimate of drug-likeness (QED) is 0.352. The van der Waals surface area contributed by atoms with Gasteiger partial charge >= 0.3 is 0 Å². The standard InChI is InChI=1S/C20H38N4O2S/c1-21-19(22-9-5-12-25-16-18-6-4-13-26-18)23-17-20(7-2-3-8-20)24-10-14-27-15-11-24/h18H,2-17H2,1H3,(H2,21,22,23). The van der Waals surface area contributed by atoms with Gasteiger partial charge in [0.05, 0.1) is 12.7 Å². The molecule has 0 amide bonds. The number of aliphatic imine (C=N–C) groups is 1. The van der Waals surface area contributed by atoms with Crippen LogP contribution in [0.5, 0.6) is 0 Å². The monoisotopic (exact) mass is 398 g/mol. The van der Waals surface area contributed by atoms with Gasteiger partial charge in [0.25, 0.3) is 0 Å². The molecule has 0 bridgehead atoms. The second-order valence-corrected chi connectivity index (χ2v) is 9.17. The zero-order chi connectivity index (χ0) is 18.8. The molecule has 156 valence electrons. The van der Waals surface area contributed by atoms with E-state index in [-0.39, 0.29) is 0 Å². The highest BCUT2D eigenvalue weighted by Crippen LogP contribution is 2.36. The summed E-state index contributed by atoms with van der Waals surface area (Å²) in [4.78, 5) is 7.16. The van der Waals surface area contributed by atoms with Crippen molar-refractivity contribution >= 4 is 17.7 Å². The van der Waals surface area contributed by atoms with Crippen molar-refractivity contribution in [3.05, 3.63) is 0 Å². The van der Waals surface area contributed by atoms with Gasteiger partial charge in [-0.05, 0) is 32.1 Å². The third kappa shape index (κ3) is 6.51. The van der Waals surface area contributed by atoms with Crippen LogP contribution < -0.4 is 10.6 Å². The van der Waals surface area contributed by atoms with E-state index in [1.807, 2.05) is 7.05 Å². The Bertz CT molecular complexity index is 445. The van der Waals surface area contributed by atoms with Gasteiger partial charge in [-0.25, -0.2) is 0 Å². The van der Waals surface area contributed by atoms with Crippen molar-refractivity contribution in [1.82, 2.24) is 15.5 Å². The minimum atomic E-state index is 0.322. The van der Waals surface area contributed by atoms with Crippen LogP contribution in [0.15, 0.2) is 4.99 Å². The van der Waals surface area contributed by atoms with Crippen LogP contribution in [-0.4, -0.2) is 87.1 Å². The first-order chi connectivity index (χ1) is 13.3. The molecule has 0 radical (unpaired) electrons. The molecule has 2 N–H and O–H groups in total. The van der Waals surface area contributed by atoms with Crippen LogP contribution in [0.3, 0.4) is 0 Å². The molecule has 3 rings (SSSR count). The maximum absolute atomic E-state index is 5.74. The first kappa shape index (κ1) is 21.2. The molecular weight excluding hydrogens is 360 g/mol. The number of hydrogen-bond acceptors (Lipinski definition) is 5. The Kier molecular flexibility index (Phi) is 9.03. The number of rotatable bonds is 9. The van der Waals surface area contributed by atoms with Gasteiger partial charge < -0.3 is 20.1 Å². The lowest BCUT2D eigenvalue weighted by atomic mass is 9.94. The Morgan fingerprint density at radius 2 is 2.04 bits per heavy atom. The fourth-order valence-corrected chi connectivity index (χ4v) is 5.42. The highest BCUT2D eigenvalue weighted by molar-refractivity contribution is 7.99. The highest BCUT2D eigenvalue weighted by Gasteiger charge is 2.39. The number of nitrogens with one attached hydrogen (secondary N) is 2. The molecule has 2 aliphatic heterocycles. The van der Waals surface area contributed by atoms with Crippen molar-refractivity contribution in [2.45, 2.75) is 56.6 Å². The van der Waals surface area contributed by atoms with Crippen molar-refractivity contribution < 1.29 is 9.47 Å². The second kappa shape index (κ2) is 11.5. The molecule has 0 aromatic carbocycles. The van der Waals surface area contributed by atoms with E-state index in [0.29, 0.717) is 11.6 Å². The van der Waals surface area contributed by atoms with Gasteiger partial charge in [0.1, 0.15) is 0 Å². The number of ether oxygens (including phenoxy) is 2. The first-order valence-electron chi connectivity index (χ1n) is 10.8. The van der Waals surface area contributed by atoms with Crippen molar-refractivity contribution in [3.8, 4) is 0 Å². The molecule has 0 aromatic heterocycles. The number of nitrogens with zero attached hydrogens (tertiary/aromatic N) is 2. The third-order valence-corrected chi connectivity index (χ3v) is 7.05. The van der Waals surface area contributed by atoms with Gasteiger partial charge in [-0.1, -0.05) is 12.8 Å². The Hall–Kier alpha value is -0.500. The van der Waals surface area contributed by atoms with Crippen molar-refractivity contribution in [3.63, 3.8) is 0 Å². The lowest BCUT2D eigenvalue weighted by Crippen LogP contribution is -2.57. The summed E-state index contributed by atoms with van der Waals surface area (Å²) in [6.45, 7) is 6.78. The van der Waals surface area contributed by atoms with E-state index in [4.69, 9.17) is 9.47 Å². The topological polar surface area (TPSA) is 58.1 Å². The summed E-state index contributed by atoms with van der Waals surface area (Å²) >= 11 is 2.09. The summed E-state index contributed by atoms with van der Waals surface area (Å²) in [5.74, 6) is 3.48. The van der Waals surface area contributed by atoms with E-state index >= 15 is 0 Å². The van der Waals surface area contributed by atoms with Crippen LogP contribution in [0.2, 0.25) is 0 Å². The summed E-state index contributed by atoms with van der Waals surface area (Å²) in [5.41, 5.74) is 0.336. The van der Waals surface area contributed by atoms with Crippen molar-refractivity contribution in [1.29, 1.82) is 0 Å². The molecule has 0 spiro atoms. The lowest BCUT2D eigenvalue weighted by Gasteiger charge is -2.43. The van der Waals surface area contributed by atoms with Gasteiger partial charge in [0.15, 0.2) is 5.96 Å². The van der Waals surface area contributed by atoms with Crippen LogP contribution in [0.25, 0.3) is 0 Å². The first-order valence-corrected chi connectivity index (χ1v) is 11.9. The predicted molar refractivity (Wildman–Crippen MR) is 114 cm³/mol. The molecule has 3 aliphatic rings. The summed E-state index contributed by atoms with van der Waals surface area (Å²) in [7, 11) is 1.86. The minimum Gasteiger partial charge on any atom is -0.379 e. The van der Waals surface area contributed by atoms with E-state index in [2.05, 4.69) is 32.3 Å². The van der Waals surface area contributed by atoms with E-state index in [1.165, 1.54) is 56.7 Å². The number of guanidine groups is 1. The lowest BCUT2D eigenvalue weighted by molar-refractivity contribution is 0.0168. The third-order valence-electron chi connectivity index (χ3n) is 6.11. The van der Waals surface area contributed by atoms with Crippen LogP contribution in [0, 0.1) is 0 Å². The molecule has 1 saturated carbocycles. The maximum Gasteiger partial charge on any atom is 0.191 e. The molecule has 3 fully saturated rings. The maximum atomic E-state index is 5.74. The molecule has 1 unspecified atom stereocenters. The largest absolute Gasteiger partial charge is 0.379 e. The van der Waals surface area contributed by atoms with Crippen LogP contribution in [0.1, 0.15) is 44.9 Å². The smallest absolute Gasteiger partial charge is 0.191 e. The Balaban J connectivity index is 1.32. The highest BCUT2D eigenvalue weighted by atomic mass is 32.2. The zero-order valence-corrected chi connectivity index (χ0v) is 17.8. The summed E-state index contributed by atoms with van der Waals surface area (Å²) in [5, 5.41) is 7.06. The summed E-state index contributed by atoms with van der Waals surface area (Å²) in [6, 6.07) is 0. The molecule has 2 heterocycles. The van der Waals surface area contributed by atoms with Crippen LogP contribution >= 0.6 is 11.8 Å². The van der Waals surface area contributed by atoms with Gasteiger partial charge in [0.2, 0.25) is 0 Å². The van der Waals surface area contributed by atoms with E-state index < -0.39 is 0 Å². The molecule has 0 aromatic rings. The van der Waals surface area contributed by atoms with Gasteiger partial charge in [-0.3, -0.25) is 9.89 Å². The van der Waals surface area contributed by atoms with Crippen molar-refractivity contribution in [2.24, 2.45) is 4.99 Å². The Labute approximate surface area is 169 Å². The molecule has 7 heteroatoms.